The molecule has 0 atom stereocenters. The van der Waals surface area contributed by atoms with Crippen LogP contribution in [0, 0.1) is 6.92 Å². The molecule has 0 fully saturated rings. The summed E-state index contributed by atoms with van der Waals surface area (Å²) in [5.41, 5.74) is 3.25. The largest absolute Gasteiger partial charge is 0.258 e. The monoisotopic (exact) mass is 202 g/mol. The molecular weight excluding hydrogens is 184 g/mol. The Morgan fingerprint density at radius 3 is 2.80 bits per heavy atom. The van der Waals surface area contributed by atoms with Crippen molar-refractivity contribution >= 4 is 0 Å². The van der Waals surface area contributed by atoms with Gasteiger partial charge in [0.15, 0.2) is 0 Å². The second-order valence-electron chi connectivity index (χ2n) is 3.67. The molecule has 0 N–H and O–H groups in total. The molecule has 0 saturated heterocycles. The van der Waals surface area contributed by atoms with Gasteiger partial charge < -0.3 is 0 Å². The smallest absolute Gasteiger partial charge is 0.0590 e. The summed E-state index contributed by atoms with van der Waals surface area (Å²) in [5, 5.41) is 0. The van der Waals surface area contributed by atoms with Crippen LogP contribution in [-0.4, -0.2) is 9.97 Å². The Bertz CT molecular complexity index is 336. The Morgan fingerprint density at radius 1 is 1.40 bits per heavy atom. The van der Waals surface area contributed by atoms with Crippen molar-refractivity contribution in [3.8, 4) is 0 Å². The molecule has 1 aromatic rings. The molecule has 2 nitrogen and oxygen atoms in total. The van der Waals surface area contributed by atoms with Crippen LogP contribution >= 0.6 is 0 Å². The van der Waals surface area contributed by atoms with Crippen LogP contribution in [0.25, 0.3) is 0 Å². The predicted molar refractivity (Wildman–Crippen MR) is 63.7 cm³/mol. The molecule has 0 saturated carbocycles. The Labute approximate surface area is 91.8 Å². The van der Waals surface area contributed by atoms with Gasteiger partial charge in [-0.25, -0.2) is 0 Å². The van der Waals surface area contributed by atoms with Gasteiger partial charge in [0, 0.05) is 12.4 Å². The molecule has 0 aromatic carbocycles. The number of rotatable bonds is 5. The molecule has 1 rings (SSSR count). The van der Waals surface area contributed by atoms with Gasteiger partial charge in [-0.1, -0.05) is 24.3 Å². The van der Waals surface area contributed by atoms with Gasteiger partial charge >= 0.3 is 0 Å². The van der Waals surface area contributed by atoms with Crippen molar-refractivity contribution in [1.29, 1.82) is 0 Å². The molecule has 0 bridgehead atoms. The lowest BCUT2D eigenvalue weighted by atomic mass is 10.1. The summed E-state index contributed by atoms with van der Waals surface area (Å²) in [5.74, 6) is 0. The number of hydrogen-bond acceptors (Lipinski definition) is 2. The zero-order valence-electron chi connectivity index (χ0n) is 9.53. The Hall–Kier alpha value is -1.44. The third kappa shape index (κ3) is 4.54. The van der Waals surface area contributed by atoms with Crippen LogP contribution in [0.1, 0.15) is 31.2 Å². The van der Waals surface area contributed by atoms with Crippen LogP contribution in [-0.2, 0) is 6.42 Å². The number of hydrogen-bond donors (Lipinski definition) is 0. The molecule has 2 heteroatoms. The maximum absolute atomic E-state index is 4.31. The molecule has 0 spiro atoms. The van der Waals surface area contributed by atoms with E-state index in [1.165, 1.54) is 5.57 Å². The second kappa shape index (κ2) is 6.12. The van der Waals surface area contributed by atoms with Gasteiger partial charge in [0.1, 0.15) is 0 Å². The average Bonchev–Trinajstić information content (AvgIpc) is 2.25. The first-order valence-corrected chi connectivity index (χ1v) is 5.27. The van der Waals surface area contributed by atoms with E-state index in [9.17, 15) is 0 Å². The molecule has 80 valence electrons. The fourth-order valence-corrected chi connectivity index (χ4v) is 1.24. The number of aryl methyl sites for hydroxylation is 2. The molecule has 0 unspecified atom stereocenters. The fourth-order valence-electron chi connectivity index (χ4n) is 1.24. The number of allylic oxidation sites excluding steroid dienone is 3. The van der Waals surface area contributed by atoms with Gasteiger partial charge in [-0.2, -0.15) is 0 Å². The van der Waals surface area contributed by atoms with Gasteiger partial charge in [-0.3, -0.25) is 9.97 Å². The minimum Gasteiger partial charge on any atom is -0.258 e. The minimum atomic E-state index is 0.934. The van der Waals surface area contributed by atoms with Gasteiger partial charge in [-0.15, -0.1) is 0 Å². The van der Waals surface area contributed by atoms with Crippen molar-refractivity contribution in [1.82, 2.24) is 9.97 Å². The van der Waals surface area contributed by atoms with Gasteiger partial charge in [0.05, 0.1) is 11.4 Å². The van der Waals surface area contributed by atoms with Gasteiger partial charge in [0.2, 0.25) is 0 Å². The van der Waals surface area contributed by atoms with E-state index >= 15 is 0 Å². The molecule has 1 heterocycles. The summed E-state index contributed by atoms with van der Waals surface area (Å²) in [6.45, 7) is 8.00. The molecule has 0 aliphatic heterocycles. The zero-order chi connectivity index (χ0) is 11.1. The highest BCUT2D eigenvalue weighted by atomic mass is 14.8. The fraction of sp³-hybridized carbons (Fsp3) is 0.385. The Kier molecular flexibility index (Phi) is 4.75. The van der Waals surface area contributed by atoms with E-state index in [0.29, 0.717) is 0 Å². The average molecular weight is 202 g/mol. The molecule has 0 amide bonds. The number of nitrogens with zero attached hydrogens (tertiary/aromatic N) is 2. The Morgan fingerprint density at radius 2 is 2.20 bits per heavy atom. The molecule has 15 heavy (non-hydrogen) atoms. The van der Waals surface area contributed by atoms with Crippen LogP contribution in [0.5, 0.6) is 0 Å². The van der Waals surface area contributed by atoms with E-state index in [4.69, 9.17) is 0 Å². The van der Waals surface area contributed by atoms with E-state index in [1.54, 1.807) is 0 Å². The van der Waals surface area contributed by atoms with Gasteiger partial charge in [0.25, 0.3) is 0 Å². The highest BCUT2D eigenvalue weighted by Crippen LogP contribution is 2.09. The van der Waals surface area contributed by atoms with Crippen molar-refractivity contribution in [2.45, 2.75) is 33.1 Å². The van der Waals surface area contributed by atoms with Crippen molar-refractivity contribution in [3.63, 3.8) is 0 Å². The van der Waals surface area contributed by atoms with E-state index < -0.39 is 0 Å². The van der Waals surface area contributed by atoms with Crippen LogP contribution in [0.4, 0.5) is 0 Å². The standard InChI is InChI=1S/C13H18N2/c1-4-5-6-11(2)7-8-13-10-14-12(3)9-15-13/h4-5,9-10H,2,6-8H2,1,3H3/b5-4-. The first-order valence-electron chi connectivity index (χ1n) is 5.27. The molecule has 0 aliphatic rings. The predicted octanol–water partition coefficient (Wildman–Crippen LogP) is 3.24. The normalized spacial score (nSPS) is 10.8. The van der Waals surface area contributed by atoms with Crippen molar-refractivity contribution in [3.05, 3.63) is 48.1 Å². The summed E-state index contributed by atoms with van der Waals surface area (Å²) < 4.78 is 0. The molecule has 0 radical (unpaired) electrons. The van der Waals surface area contributed by atoms with Crippen LogP contribution in [0.3, 0.4) is 0 Å². The highest BCUT2D eigenvalue weighted by molar-refractivity contribution is 5.07. The van der Waals surface area contributed by atoms with E-state index in [2.05, 4.69) is 28.7 Å². The van der Waals surface area contributed by atoms with Crippen LogP contribution < -0.4 is 0 Å². The molecule has 1 aromatic heterocycles. The zero-order valence-corrected chi connectivity index (χ0v) is 9.53. The quantitative estimate of drug-likeness (QED) is 0.685. The maximum atomic E-state index is 4.31. The second-order valence-corrected chi connectivity index (χ2v) is 3.67. The molecule has 0 aliphatic carbocycles. The summed E-state index contributed by atoms with van der Waals surface area (Å²) in [6, 6.07) is 0. The maximum Gasteiger partial charge on any atom is 0.0590 e. The number of aromatic nitrogens is 2. The summed E-state index contributed by atoms with van der Waals surface area (Å²) in [7, 11) is 0. The first kappa shape index (κ1) is 11.6. The lowest BCUT2D eigenvalue weighted by Crippen LogP contribution is -1.94. The van der Waals surface area contributed by atoms with E-state index in [1.807, 2.05) is 26.2 Å². The first-order chi connectivity index (χ1) is 7.22. The minimum absolute atomic E-state index is 0.934. The van der Waals surface area contributed by atoms with E-state index in [-0.39, 0.29) is 0 Å². The van der Waals surface area contributed by atoms with Crippen molar-refractivity contribution in [2.24, 2.45) is 0 Å². The van der Waals surface area contributed by atoms with Crippen LogP contribution in [0.2, 0.25) is 0 Å². The SMILES string of the molecule is C=C(C/C=C\C)CCc1cnc(C)cn1. The lowest BCUT2D eigenvalue weighted by Gasteiger charge is -2.02. The van der Waals surface area contributed by atoms with E-state index in [0.717, 1.165) is 30.7 Å². The molecular formula is C13H18N2. The summed E-state index contributed by atoms with van der Waals surface area (Å²) >= 11 is 0. The van der Waals surface area contributed by atoms with Crippen molar-refractivity contribution < 1.29 is 0 Å². The topological polar surface area (TPSA) is 25.8 Å². The lowest BCUT2D eigenvalue weighted by molar-refractivity contribution is 0.865. The third-order valence-corrected chi connectivity index (χ3v) is 2.21. The Balaban J connectivity index is 2.37. The highest BCUT2D eigenvalue weighted by Gasteiger charge is 1.97. The summed E-state index contributed by atoms with van der Waals surface area (Å²) in [6.07, 6.45) is 10.7. The van der Waals surface area contributed by atoms with Crippen LogP contribution in [0.15, 0.2) is 36.7 Å². The summed E-state index contributed by atoms with van der Waals surface area (Å²) in [4.78, 5) is 8.52. The van der Waals surface area contributed by atoms with Crippen molar-refractivity contribution in [2.75, 3.05) is 0 Å². The van der Waals surface area contributed by atoms with Gasteiger partial charge in [-0.05, 0) is 33.1 Å². The third-order valence-electron chi connectivity index (χ3n) is 2.21.